The highest BCUT2D eigenvalue weighted by molar-refractivity contribution is 5.92. The molecule has 36 heavy (non-hydrogen) atoms. The van der Waals surface area contributed by atoms with Crippen molar-refractivity contribution in [1.82, 2.24) is 15.5 Å². The normalized spacial score (nSPS) is 13.1. The minimum Gasteiger partial charge on any atom is -0.508 e. The summed E-state index contributed by atoms with van der Waals surface area (Å²) in [6.45, 7) is 10.5. The van der Waals surface area contributed by atoms with E-state index in [1.165, 1.54) is 17.0 Å². The van der Waals surface area contributed by atoms with Gasteiger partial charge in [-0.3, -0.25) is 9.59 Å². The molecule has 0 aliphatic heterocycles. The number of unbranched alkanes of at least 4 members (excludes halogenated alkanes) is 5. The van der Waals surface area contributed by atoms with Crippen molar-refractivity contribution < 1.29 is 29.3 Å². The number of amides is 3. The van der Waals surface area contributed by atoms with Crippen molar-refractivity contribution in [2.75, 3.05) is 13.2 Å². The van der Waals surface area contributed by atoms with Crippen molar-refractivity contribution in [2.45, 2.75) is 104 Å². The molecule has 1 aromatic rings. The molecule has 2 unspecified atom stereocenters. The van der Waals surface area contributed by atoms with Crippen LogP contribution in [0.5, 0.6) is 5.75 Å². The molecule has 0 heterocycles. The lowest BCUT2D eigenvalue weighted by atomic mass is 10.0. The zero-order valence-corrected chi connectivity index (χ0v) is 22.7. The van der Waals surface area contributed by atoms with Crippen LogP contribution in [0.15, 0.2) is 24.3 Å². The van der Waals surface area contributed by atoms with Crippen LogP contribution in [0.1, 0.15) is 91.7 Å². The van der Waals surface area contributed by atoms with Gasteiger partial charge in [0.25, 0.3) is 0 Å². The summed E-state index contributed by atoms with van der Waals surface area (Å²) in [6.07, 6.45) is 5.07. The molecule has 0 fully saturated rings. The summed E-state index contributed by atoms with van der Waals surface area (Å²) in [7, 11) is 0. The molecule has 0 radical (unpaired) electrons. The summed E-state index contributed by atoms with van der Waals surface area (Å²) in [5, 5.41) is 25.1. The molecular weight excluding hydrogens is 462 g/mol. The zero-order chi connectivity index (χ0) is 27.3. The number of hydrogen-bond donors (Lipinski definition) is 4. The summed E-state index contributed by atoms with van der Waals surface area (Å²) in [6, 6.07) is 3.64. The Morgan fingerprint density at radius 2 is 1.56 bits per heavy atom. The third-order valence-corrected chi connectivity index (χ3v) is 5.41. The second-order valence-electron chi connectivity index (χ2n) is 10.3. The molecule has 0 saturated carbocycles. The van der Waals surface area contributed by atoms with E-state index in [4.69, 9.17) is 4.74 Å². The molecule has 204 valence electrons. The Morgan fingerprint density at radius 3 is 2.08 bits per heavy atom. The van der Waals surface area contributed by atoms with Gasteiger partial charge in [0, 0.05) is 12.6 Å². The number of aromatic hydroxyl groups is 1. The average molecular weight is 508 g/mol. The lowest BCUT2D eigenvalue weighted by molar-refractivity contribution is -0.143. The number of nitrogens with one attached hydrogen (secondary N) is 2. The summed E-state index contributed by atoms with van der Waals surface area (Å²) in [5.74, 6) is -0.937. The molecular formula is C27H45N3O6. The molecule has 0 saturated heterocycles. The van der Waals surface area contributed by atoms with Crippen molar-refractivity contribution in [2.24, 2.45) is 0 Å². The number of phenols is 1. The first-order valence-electron chi connectivity index (χ1n) is 12.9. The fourth-order valence-electron chi connectivity index (χ4n) is 3.76. The van der Waals surface area contributed by atoms with Gasteiger partial charge in [-0.1, -0.05) is 51.2 Å². The lowest BCUT2D eigenvalue weighted by Gasteiger charge is -2.34. The van der Waals surface area contributed by atoms with Gasteiger partial charge in [-0.25, -0.2) is 4.79 Å². The number of alkyl carbamates (subject to hydrolysis) is 1. The Labute approximate surface area is 215 Å². The second kappa shape index (κ2) is 15.3. The molecule has 0 aliphatic carbocycles. The number of carbonyl (C=O) groups excluding carboxylic acids is 3. The smallest absolute Gasteiger partial charge is 0.408 e. The van der Waals surface area contributed by atoms with Crippen LogP contribution in [0, 0.1) is 0 Å². The van der Waals surface area contributed by atoms with Crippen LogP contribution in [0.3, 0.4) is 0 Å². The minimum absolute atomic E-state index is 0.0374. The maximum absolute atomic E-state index is 13.7. The Kier molecular flexibility index (Phi) is 13.3. The van der Waals surface area contributed by atoms with Gasteiger partial charge >= 0.3 is 6.09 Å². The van der Waals surface area contributed by atoms with E-state index in [2.05, 4.69) is 17.6 Å². The summed E-state index contributed by atoms with van der Waals surface area (Å²) < 4.78 is 5.26. The fraction of sp³-hybridized carbons (Fsp3) is 0.667. The second-order valence-corrected chi connectivity index (χ2v) is 10.3. The van der Waals surface area contributed by atoms with Crippen molar-refractivity contribution in [1.29, 1.82) is 0 Å². The number of nitrogens with zero attached hydrogens (tertiary/aromatic N) is 1. The topological polar surface area (TPSA) is 128 Å². The van der Waals surface area contributed by atoms with Crippen molar-refractivity contribution >= 4 is 17.9 Å². The van der Waals surface area contributed by atoms with E-state index in [0.717, 1.165) is 32.1 Å². The average Bonchev–Trinajstić information content (AvgIpc) is 2.77. The zero-order valence-electron chi connectivity index (χ0n) is 22.7. The summed E-state index contributed by atoms with van der Waals surface area (Å²) in [5.41, 5.74) is -0.268. The number of benzene rings is 1. The Bertz CT molecular complexity index is 820. The standard InChI is InChI=1S/C27H45N3O6/c1-7-8-9-10-11-12-17-30(25(34)22(18-31)29-26(35)36-27(4,5)6)23(24(33)28-19(2)3)20-13-15-21(32)16-14-20/h13-16,19,22-23,31-32H,7-12,17-18H2,1-6H3,(H,28,33)(H,29,35). The van der Waals surface area contributed by atoms with E-state index in [1.54, 1.807) is 32.9 Å². The maximum Gasteiger partial charge on any atom is 0.408 e. The van der Waals surface area contributed by atoms with Crippen molar-refractivity contribution in [3.8, 4) is 5.75 Å². The van der Waals surface area contributed by atoms with E-state index in [9.17, 15) is 24.6 Å². The summed E-state index contributed by atoms with van der Waals surface area (Å²) in [4.78, 5) is 40.8. The van der Waals surface area contributed by atoms with Crippen LogP contribution in [0.4, 0.5) is 4.79 Å². The van der Waals surface area contributed by atoms with Crippen LogP contribution >= 0.6 is 0 Å². The summed E-state index contributed by atoms with van der Waals surface area (Å²) >= 11 is 0. The molecule has 1 rings (SSSR count). The van der Waals surface area contributed by atoms with Gasteiger partial charge in [-0.2, -0.15) is 0 Å². The van der Waals surface area contributed by atoms with Gasteiger partial charge in [0.2, 0.25) is 11.8 Å². The van der Waals surface area contributed by atoms with E-state index in [1.807, 2.05) is 13.8 Å². The maximum atomic E-state index is 13.7. The molecule has 9 heteroatoms. The van der Waals surface area contributed by atoms with Crippen LogP contribution in [-0.2, 0) is 14.3 Å². The van der Waals surface area contributed by atoms with Crippen LogP contribution in [0.25, 0.3) is 0 Å². The van der Waals surface area contributed by atoms with Gasteiger partial charge < -0.3 is 30.5 Å². The molecule has 0 bridgehead atoms. The first-order valence-corrected chi connectivity index (χ1v) is 12.9. The predicted molar refractivity (Wildman–Crippen MR) is 139 cm³/mol. The van der Waals surface area contributed by atoms with E-state index in [0.29, 0.717) is 12.0 Å². The van der Waals surface area contributed by atoms with Gasteiger partial charge in [0.05, 0.1) is 6.61 Å². The molecule has 4 N–H and O–H groups in total. The number of aliphatic hydroxyl groups is 1. The minimum atomic E-state index is -1.29. The third kappa shape index (κ3) is 11.3. The molecule has 2 atom stereocenters. The number of rotatable bonds is 14. The number of carbonyl (C=O) groups is 3. The molecule has 9 nitrogen and oxygen atoms in total. The molecule has 3 amide bonds. The Hall–Kier alpha value is -2.81. The quantitative estimate of drug-likeness (QED) is 0.282. The Morgan fingerprint density at radius 1 is 0.972 bits per heavy atom. The fourth-order valence-corrected chi connectivity index (χ4v) is 3.76. The van der Waals surface area contributed by atoms with E-state index in [-0.39, 0.29) is 24.2 Å². The molecule has 0 aromatic heterocycles. The number of hydrogen-bond acceptors (Lipinski definition) is 6. The van der Waals surface area contributed by atoms with Gasteiger partial charge in [0.15, 0.2) is 0 Å². The number of phenolic OH excluding ortho intramolecular Hbond substituents is 1. The molecule has 0 spiro atoms. The molecule has 1 aromatic carbocycles. The predicted octanol–water partition coefficient (Wildman–Crippen LogP) is 4.03. The highest BCUT2D eigenvalue weighted by Crippen LogP contribution is 2.25. The van der Waals surface area contributed by atoms with Crippen LogP contribution in [0.2, 0.25) is 0 Å². The highest BCUT2D eigenvalue weighted by atomic mass is 16.6. The number of ether oxygens (including phenoxy) is 1. The first-order chi connectivity index (χ1) is 16.9. The monoisotopic (exact) mass is 507 g/mol. The van der Waals surface area contributed by atoms with Gasteiger partial charge in [-0.15, -0.1) is 0 Å². The third-order valence-electron chi connectivity index (χ3n) is 5.41. The van der Waals surface area contributed by atoms with Crippen LogP contribution in [-0.4, -0.2) is 63.9 Å². The SMILES string of the molecule is CCCCCCCCN(C(=O)C(CO)NC(=O)OC(C)(C)C)C(C(=O)NC(C)C)c1ccc(O)cc1. The molecule has 0 aliphatic rings. The van der Waals surface area contributed by atoms with Gasteiger partial charge in [0.1, 0.15) is 23.4 Å². The van der Waals surface area contributed by atoms with Gasteiger partial charge in [-0.05, 0) is 58.7 Å². The van der Waals surface area contributed by atoms with Crippen LogP contribution < -0.4 is 10.6 Å². The van der Waals surface area contributed by atoms with E-state index < -0.39 is 36.3 Å². The van der Waals surface area contributed by atoms with E-state index >= 15 is 0 Å². The van der Waals surface area contributed by atoms with Crippen molar-refractivity contribution in [3.05, 3.63) is 29.8 Å². The Balaban J connectivity index is 3.28. The highest BCUT2D eigenvalue weighted by Gasteiger charge is 2.36. The van der Waals surface area contributed by atoms with Crippen molar-refractivity contribution in [3.63, 3.8) is 0 Å². The lowest BCUT2D eigenvalue weighted by Crippen LogP contribution is -2.55. The first kappa shape index (κ1) is 31.2. The largest absolute Gasteiger partial charge is 0.508 e. The number of aliphatic hydroxyl groups excluding tert-OH is 1.